The predicted molar refractivity (Wildman–Crippen MR) is 81.2 cm³/mol. The fourth-order valence-corrected chi connectivity index (χ4v) is 3.50. The van der Waals surface area contributed by atoms with Crippen LogP contribution in [0, 0.1) is 5.92 Å². The monoisotopic (exact) mass is 310 g/mol. The van der Waals surface area contributed by atoms with E-state index in [1.54, 1.807) is 7.05 Å². The summed E-state index contributed by atoms with van der Waals surface area (Å²) in [7, 11) is 1.62. The summed E-state index contributed by atoms with van der Waals surface area (Å²) >= 11 is 0. The average Bonchev–Trinajstić information content (AvgIpc) is 2.70. The van der Waals surface area contributed by atoms with Gasteiger partial charge in [-0.15, -0.1) is 0 Å². The van der Waals surface area contributed by atoms with Crippen LogP contribution in [0.5, 0.6) is 0 Å². The maximum absolute atomic E-state index is 12.4. The highest BCUT2D eigenvalue weighted by molar-refractivity contribution is 5.89. The number of amides is 2. The number of carboxylic acid groups (broad SMARTS) is 1. The molecule has 1 saturated heterocycles. The number of likely N-dealkylation sites (tertiary alicyclic amines) is 1. The fraction of sp³-hybridized carbons (Fsp3) is 0.812. The van der Waals surface area contributed by atoms with E-state index in [2.05, 4.69) is 0 Å². The molecule has 0 bridgehead atoms. The van der Waals surface area contributed by atoms with E-state index in [4.69, 9.17) is 5.11 Å². The molecule has 22 heavy (non-hydrogen) atoms. The summed E-state index contributed by atoms with van der Waals surface area (Å²) in [6.07, 6.45) is 7.08. The SMILES string of the molecule is CN(CCC(=O)O)C(=O)[C@H]1CC(=O)N(C2CCCCCC2)C1. The van der Waals surface area contributed by atoms with Crippen LogP contribution in [-0.4, -0.2) is 58.9 Å². The Morgan fingerprint density at radius 2 is 1.86 bits per heavy atom. The highest BCUT2D eigenvalue weighted by Crippen LogP contribution is 2.28. The normalized spacial score (nSPS) is 23.4. The van der Waals surface area contributed by atoms with Gasteiger partial charge in [-0.2, -0.15) is 0 Å². The molecule has 1 aliphatic carbocycles. The van der Waals surface area contributed by atoms with Crippen molar-refractivity contribution in [3.05, 3.63) is 0 Å². The molecule has 0 aromatic heterocycles. The summed E-state index contributed by atoms with van der Waals surface area (Å²) in [6, 6.07) is 0.289. The second-order valence-electron chi connectivity index (χ2n) is 6.50. The van der Waals surface area contributed by atoms with Gasteiger partial charge in [0.1, 0.15) is 0 Å². The average molecular weight is 310 g/mol. The van der Waals surface area contributed by atoms with E-state index >= 15 is 0 Å². The first-order valence-corrected chi connectivity index (χ1v) is 8.25. The van der Waals surface area contributed by atoms with E-state index in [0.29, 0.717) is 6.54 Å². The Labute approximate surface area is 131 Å². The molecule has 1 N–H and O–H groups in total. The summed E-state index contributed by atoms with van der Waals surface area (Å²) < 4.78 is 0. The minimum Gasteiger partial charge on any atom is -0.481 e. The number of nitrogens with zero attached hydrogens (tertiary/aromatic N) is 2. The molecule has 2 rings (SSSR count). The molecule has 1 heterocycles. The van der Waals surface area contributed by atoms with Crippen molar-refractivity contribution in [3.63, 3.8) is 0 Å². The van der Waals surface area contributed by atoms with Crippen molar-refractivity contribution >= 4 is 17.8 Å². The van der Waals surface area contributed by atoms with Crippen LogP contribution in [-0.2, 0) is 14.4 Å². The molecule has 0 aromatic carbocycles. The zero-order valence-electron chi connectivity index (χ0n) is 13.3. The van der Waals surface area contributed by atoms with Crippen LogP contribution in [0.25, 0.3) is 0 Å². The number of hydrogen-bond donors (Lipinski definition) is 1. The number of carbonyl (C=O) groups is 3. The van der Waals surface area contributed by atoms with Gasteiger partial charge in [0.2, 0.25) is 11.8 Å². The Morgan fingerprint density at radius 3 is 2.45 bits per heavy atom. The van der Waals surface area contributed by atoms with Crippen molar-refractivity contribution in [3.8, 4) is 0 Å². The molecule has 6 heteroatoms. The molecule has 0 radical (unpaired) electrons. The van der Waals surface area contributed by atoms with Gasteiger partial charge in [-0.05, 0) is 12.8 Å². The number of carboxylic acids is 1. The molecule has 124 valence electrons. The first-order valence-electron chi connectivity index (χ1n) is 8.25. The molecule has 1 atom stereocenters. The van der Waals surface area contributed by atoms with E-state index in [1.165, 1.54) is 17.7 Å². The number of hydrogen-bond acceptors (Lipinski definition) is 3. The van der Waals surface area contributed by atoms with Crippen LogP contribution in [0.3, 0.4) is 0 Å². The van der Waals surface area contributed by atoms with Crippen LogP contribution in [0.1, 0.15) is 51.4 Å². The first-order chi connectivity index (χ1) is 10.5. The zero-order chi connectivity index (χ0) is 16.1. The second-order valence-corrected chi connectivity index (χ2v) is 6.50. The lowest BCUT2D eigenvalue weighted by atomic mass is 10.1. The Bertz CT molecular complexity index is 430. The van der Waals surface area contributed by atoms with Crippen LogP contribution in [0.15, 0.2) is 0 Å². The second kappa shape index (κ2) is 7.61. The first kappa shape index (κ1) is 16.8. The third-order valence-electron chi connectivity index (χ3n) is 4.81. The van der Waals surface area contributed by atoms with Crippen molar-refractivity contribution in [2.45, 2.75) is 57.4 Å². The lowest BCUT2D eigenvalue weighted by Crippen LogP contribution is -2.39. The maximum Gasteiger partial charge on any atom is 0.305 e. The summed E-state index contributed by atoms with van der Waals surface area (Å²) in [6.45, 7) is 0.696. The van der Waals surface area contributed by atoms with Gasteiger partial charge in [-0.1, -0.05) is 25.7 Å². The topological polar surface area (TPSA) is 77.9 Å². The lowest BCUT2D eigenvalue weighted by molar-refractivity contribution is -0.139. The highest BCUT2D eigenvalue weighted by atomic mass is 16.4. The van der Waals surface area contributed by atoms with Crippen LogP contribution in [0.4, 0.5) is 0 Å². The Morgan fingerprint density at radius 1 is 1.23 bits per heavy atom. The van der Waals surface area contributed by atoms with Crippen molar-refractivity contribution in [1.29, 1.82) is 0 Å². The van der Waals surface area contributed by atoms with Gasteiger partial charge < -0.3 is 14.9 Å². The third-order valence-corrected chi connectivity index (χ3v) is 4.81. The molecule has 1 aliphatic heterocycles. The van der Waals surface area contributed by atoms with E-state index < -0.39 is 5.97 Å². The molecular weight excluding hydrogens is 284 g/mol. The minimum atomic E-state index is -0.915. The molecule has 1 saturated carbocycles. The van der Waals surface area contributed by atoms with Gasteiger partial charge in [-0.3, -0.25) is 14.4 Å². The Balaban J connectivity index is 1.90. The smallest absolute Gasteiger partial charge is 0.305 e. The molecule has 0 spiro atoms. The van der Waals surface area contributed by atoms with Gasteiger partial charge in [0, 0.05) is 32.6 Å². The Kier molecular flexibility index (Phi) is 5.80. The van der Waals surface area contributed by atoms with E-state index in [1.807, 2.05) is 4.90 Å². The summed E-state index contributed by atoms with van der Waals surface area (Å²) in [5.74, 6) is -1.25. The summed E-state index contributed by atoms with van der Waals surface area (Å²) in [4.78, 5) is 38.5. The van der Waals surface area contributed by atoms with Gasteiger partial charge in [0.25, 0.3) is 0 Å². The van der Waals surface area contributed by atoms with Gasteiger partial charge in [0.15, 0.2) is 0 Å². The van der Waals surface area contributed by atoms with E-state index in [-0.39, 0.29) is 43.2 Å². The van der Waals surface area contributed by atoms with Crippen molar-refractivity contribution in [2.24, 2.45) is 5.92 Å². The molecule has 6 nitrogen and oxygen atoms in total. The van der Waals surface area contributed by atoms with E-state index in [0.717, 1.165) is 25.7 Å². The van der Waals surface area contributed by atoms with Gasteiger partial charge >= 0.3 is 5.97 Å². The molecular formula is C16H26N2O4. The van der Waals surface area contributed by atoms with Crippen molar-refractivity contribution in [1.82, 2.24) is 9.80 Å². The molecule has 0 unspecified atom stereocenters. The van der Waals surface area contributed by atoms with Crippen molar-refractivity contribution in [2.75, 3.05) is 20.1 Å². The predicted octanol–water partition coefficient (Wildman–Crippen LogP) is 1.49. The third kappa shape index (κ3) is 4.21. The molecule has 2 fully saturated rings. The van der Waals surface area contributed by atoms with E-state index in [9.17, 15) is 14.4 Å². The highest BCUT2D eigenvalue weighted by Gasteiger charge is 2.38. The summed E-state index contributed by atoms with van der Waals surface area (Å²) in [5.41, 5.74) is 0. The maximum atomic E-state index is 12.4. The lowest BCUT2D eigenvalue weighted by Gasteiger charge is -2.27. The number of rotatable bonds is 5. The van der Waals surface area contributed by atoms with Crippen molar-refractivity contribution < 1.29 is 19.5 Å². The minimum absolute atomic E-state index is 0.0603. The Hall–Kier alpha value is -1.59. The standard InChI is InChI=1S/C16H26N2O4/c1-17(9-8-15(20)21)16(22)12-10-14(19)18(11-12)13-6-4-2-3-5-7-13/h12-13H,2-11H2,1H3,(H,20,21)/t12-/m0/s1. The van der Waals surface area contributed by atoms with Crippen LogP contribution >= 0.6 is 0 Å². The fourth-order valence-electron chi connectivity index (χ4n) is 3.50. The zero-order valence-corrected chi connectivity index (χ0v) is 13.3. The van der Waals surface area contributed by atoms with Gasteiger partial charge in [0.05, 0.1) is 12.3 Å². The largest absolute Gasteiger partial charge is 0.481 e. The van der Waals surface area contributed by atoms with Crippen LogP contribution < -0.4 is 0 Å². The number of aliphatic carboxylic acids is 1. The molecule has 2 aliphatic rings. The molecule has 0 aromatic rings. The molecule has 2 amide bonds. The van der Waals surface area contributed by atoms with Gasteiger partial charge in [-0.25, -0.2) is 0 Å². The quantitative estimate of drug-likeness (QED) is 0.780. The van der Waals surface area contributed by atoms with Crippen LogP contribution in [0.2, 0.25) is 0 Å². The number of carbonyl (C=O) groups excluding carboxylic acids is 2. The summed E-state index contributed by atoms with van der Waals surface area (Å²) in [5, 5.41) is 8.69.